The monoisotopic (exact) mass is 310 g/mol. The topological polar surface area (TPSA) is 6.48 Å². The lowest BCUT2D eigenvalue weighted by molar-refractivity contribution is 0.127. The number of hydrogen-bond acceptors (Lipinski definition) is 2. The van der Waals surface area contributed by atoms with Crippen molar-refractivity contribution in [2.45, 2.75) is 32.4 Å². The molecular formula is C15H23BrN2. The molecule has 0 amide bonds. The zero-order chi connectivity index (χ0) is 13.0. The Hall–Kier alpha value is -0.380. The van der Waals surface area contributed by atoms with Gasteiger partial charge in [0, 0.05) is 17.1 Å². The third-order valence-electron chi connectivity index (χ3n) is 3.95. The van der Waals surface area contributed by atoms with Crippen LogP contribution in [0.1, 0.15) is 25.3 Å². The van der Waals surface area contributed by atoms with E-state index in [1.807, 2.05) is 0 Å². The van der Waals surface area contributed by atoms with Crippen LogP contribution in [0.25, 0.3) is 0 Å². The summed E-state index contributed by atoms with van der Waals surface area (Å²) in [5.41, 5.74) is 1.39. The van der Waals surface area contributed by atoms with E-state index in [4.69, 9.17) is 0 Å². The van der Waals surface area contributed by atoms with E-state index in [9.17, 15) is 0 Å². The molecule has 3 heteroatoms. The van der Waals surface area contributed by atoms with Crippen LogP contribution in [0.2, 0.25) is 0 Å². The van der Waals surface area contributed by atoms with Gasteiger partial charge in [-0.2, -0.15) is 0 Å². The van der Waals surface area contributed by atoms with Gasteiger partial charge in [-0.05, 0) is 57.2 Å². The predicted molar refractivity (Wildman–Crippen MR) is 80.7 cm³/mol. The summed E-state index contributed by atoms with van der Waals surface area (Å²) in [6.07, 6.45) is 2.61. The van der Waals surface area contributed by atoms with Crippen LogP contribution in [-0.2, 0) is 6.54 Å². The van der Waals surface area contributed by atoms with Crippen LogP contribution in [0, 0.1) is 0 Å². The molecule has 0 radical (unpaired) electrons. The fourth-order valence-electron chi connectivity index (χ4n) is 2.73. The van der Waals surface area contributed by atoms with Crippen LogP contribution in [0.5, 0.6) is 0 Å². The lowest BCUT2D eigenvalue weighted by atomic mass is 10.0. The van der Waals surface area contributed by atoms with Crippen LogP contribution in [0.15, 0.2) is 28.7 Å². The maximum Gasteiger partial charge on any atom is 0.0234 e. The van der Waals surface area contributed by atoms with Crippen molar-refractivity contribution in [1.29, 1.82) is 0 Å². The second-order valence-electron chi connectivity index (χ2n) is 5.21. The van der Waals surface area contributed by atoms with Gasteiger partial charge in [-0.3, -0.25) is 4.90 Å². The van der Waals surface area contributed by atoms with Crippen LogP contribution in [0.4, 0.5) is 0 Å². The molecule has 0 unspecified atom stereocenters. The number of likely N-dealkylation sites (tertiary alicyclic amines) is 1. The summed E-state index contributed by atoms with van der Waals surface area (Å²) in [6, 6.07) is 9.38. The summed E-state index contributed by atoms with van der Waals surface area (Å²) in [5, 5.41) is 0. The van der Waals surface area contributed by atoms with Crippen molar-refractivity contribution in [3.63, 3.8) is 0 Å². The molecule has 0 spiro atoms. The lowest BCUT2D eigenvalue weighted by Gasteiger charge is -2.36. The summed E-state index contributed by atoms with van der Waals surface area (Å²) < 4.78 is 1.18. The van der Waals surface area contributed by atoms with E-state index in [2.05, 4.69) is 64.0 Å². The van der Waals surface area contributed by atoms with E-state index in [0.29, 0.717) is 0 Å². The molecular weight excluding hydrogens is 288 g/mol. The maximum atomic E-state index is 3.54. The molecule has 0 aromatic heterocycles. The highest BCUT2D eigenvalue weighted by Gasteiger charge is 2.21. The van der Waals surface area contributed by atoms with Gasteiger partial charge in [0.05, 0.1) is 0 Å². The quantitative estimate of drug-likeness (QED) is 0.841. The zero-order valence-corrected chi connectivity index (χ0v) is 13.0. The minimum atomic E-state index is 0.742. The molecule has 2 rings (SSSR count). The molecule has 0 atom stereocenters. The van der Waals surface area contributed by atoms with Gasteiger partial charge in [0.15, 0.2) is 0 Å². The molecule has 0 N–H and O–H groups in total. The van der Waals surface area contributed by atoms with Gasteiger partial charge in [-0.25, -0.2) is 0 Å². The number of nitrogens with zero attached hydrogens (tertiary/aromatic N) is 2. The van der Waals surface area contributed by atoms with E-state index in [1.54, 1.807) is 0 Å². The number of benzene rings is 1. The summed E-state index contributed by atoms with van der Waals surface area (Å²) in [7, 11) is 2.26. The summed E-state index contributed by atoms with van der Waals surface area (Å²) >= 11 is 3.54. The highest BCUT2D eigenvalue weighted by Crippen LogP contribution is 2.19. The second-order valence-corrected chi connectivity index (χ2v) is 6.13. The molecule has 2 nitrogen and oxygen atoms in total. The van der Waals surface area contributed by atoms with Crippen molar-refractivity contribution < 1.29 is 0 Å². The smallest absolute Gasteiger partial charge is 0.0234 e. The number of piperidine rings is 1. The van der Waals surface area contributed by atoms with Gasteiger partial charge in [-0.15, -0.1) is 0 Å². The Morgan fingerprint density at radius 1 is 1.33 bits per heavy atom. The third kappa shape index (κ3) is 3.81. The van der Waals surface area contributed by atoms with Crippen molar-refractivity contribution in [2.24, 2.45) is 0 Å². The fourth-order valence-corrected chi connectivity index (χ4v) is 3.18. The van der Waals surface area contributed by atoms with Crippen molar-refractivity contribution >= 4 is 15.9 Å². The summed E-state index contributed by atoms with van der Waals surface area (Å²) in [4.78, 5) is 5.05. The van der Waals surface area contributed by atoms with E-state index in [0.717, 1.165) is 12.6 Å². The van der Waals surface area contributed by atoms with Gasteiger partial charge in [-0.1, -0.05) is 35.0 Å². The Labute approximate surface area is 119 Å². The molecule has 0 aliphatic carbocycles. The Kier molecular flexibility index (Phi) is 5.22. The first-order valence-corrected chi connectivity index (χ1v) is 7.65. The highest BCUT2D eigenvalue weighted by atomic mass is 79.9. The molecule has 1 aromatic carbocycles. The van der Waals surface area contributed by atoms with Gasteiger partial charge in [0.2, 0.25) is 0 Å². The first-order valence-electron chi connectivity index (χ1n) is 6.86. The van der Waals surface area contributed by atoms with Crippen molar-refractivity contribution in [3.8, 4) is 0 Å². The van der Waals surface area contributed by atoms with E-state index < -0.39 is 0 Å². The number of hydrogen-bond donors (Lipinski definition) is 0. The fraction of sp³-hybridized carbons (Fsp3) is 0.600. The molecule has 1 aromatic rings. The van der Waals surface area contributed by atoms with Crippen LogP contribution in [0.3, 0.4) is 0 Å². The normalized spacial score (nSPS) is 18.4. The van der Waals surface area contributed by atoms with Gasteiger partial charge < -0.3 is 4.90 Å². The van der Waals surface area contributed by atoms with E-state index in [-0.39, 0.29) is 0 Å². The van der Waals surface area contributed by atoms with E-state index >= 15 is 0 Å². The molecule has 1 fully saturated rings. The molecule has 1 aliphatic heterocycles. The van der Waals surface area contributed by atoms with Crippen molar-refractivity contribution in [2.75, 3.05) is 26.7 Å². The Morgan fingerprint density at radius 3 is 2.67 bits per heavy atom. The third-order valence-corrected chi connectivity index (χ3v) is 4.44. The lowest BCUT2D eigenvalue weighted by Crippen LogP contribution is -2.42. The standard InChI is InChI=1S/C15H23BrN2/c1-3-18-9-7-15(8-10-18)17(2)12-13-5-4-6-14(16)11-13/h4-6,11,15H,3,7-10,12H2,1-2H3. The number of halogens is 1. The van der Waals surface area contributed by atoms with Crippen LogP contribution < -0.4 is 0 Å². The average Bonchev–Trinajstić information content (AvgIpc) is 2.39. The molecule has 18 heavy (non-hydrogen) atoms. The molecule has 0 bridgehead atoms. The predicted octanol–water partition coefficient (Wildman–Crippen LogP) is 3.37. The Bertz CT molecular complexity index is 373. The molecule has 1 heterocycles. The van der Waals surface area contributed by atoms with Gasteiger partial charge in [0.1, 0.15) is 0 Å². The SMILES string of the molecule is CCN1CCC(N(C)Cc2cccc(Br)c2)CC1. The minimum Gasteiger partial charge on any atom is -0.303 e. The second kappa shape index (κ2) is 6.69. The summed E-state index contributed by atoms with van der Waals surface area (Å²) in [6.45, 7) is 7.01. The van der Waals surface area contributed by atoms with Crippen molar-refractivity contribution in [3.05, 3.63) is 34.3 Å². The molecule has 0 saturated carbocycles. The molecule has 1 saturated heterocycles. The summed E-state index contributed by atoms with van der Waals surface area (Å²) in [5.74, 6) is 0. The van der Waals surface area contributed by atoms with Crippen LogP contribution >= 0.6 is 15.9 Å². The van der Waals surface area contributed by atoms with Crippen LogP contribution in [-0.4, -0.2) is 42.5 Å². The highest BCUT2D eigenvalue weighted by molar-refractivity contribution is 9.10. The van der Waals surface area contributed by atoms with Gasteiger partial charge in [0.25, 0.3) is 0 Å². The zero-order valence-electron chi connectivity index (χ0n) is 11.4. The Morgan fingerprint density at radius 2 is 2.06 bits per heavy atom. The molecule has 1 aliphatic rings. The number of rotatable bonds is 4. The largest absolute Gasteiger partial charge is 0.303 e. The average molecular weight is 311 g/mol. The Balaban J connectivity index is 1.87. The minimum absolute atomic E-state index is 0.742. The first kappa shape index (κ1) is 14.0. The van der Waals surface area contributed by atoms with Crippen molar-refractivity contribution in [1.82, 2.24) is 9.80 Å². The molecule has 100 valence electrons. The van der Waals surface area contributed by atoms with Gasteiger partial charge >= 0.3 is 0 Å². The maximum absolute atomic E-state index is 3.54. The van der Waals surface area contributed by atoms with E-state index in [1.165, 1.54) is 42.5 Å². The first-order chi connectivity index (χ1) is 8.69.